The van der Waals surface area contributed by atoms with Crippen LogP contribution in [-0.4, -0.2) is 53.8 Å². The smallest absolute Gasteiger partial charge is 0.255 e. The van der Waals surface area contributed by atoms with Gasteiger partial charge in [-0.1, -0.05) is 42.5 Å². The topological polar surface area (TPSA) is 88.2 Å². The fourth-order valence-corrected chi connectivity index (χ4v) is 6.15. The third-order valence-electron chi connectivity index (χ3n) is 8.54. The first-order valence-corrected chi connectivity index (χ1v) is 14.3. The molecule has 1 N–H and O–H groups in total. The average molecular weight is 554 g/mol. The summed E-state index contributed by atoms with van der Waals surface area (Å²) in [5, 5.41) is 2.35. The van der Waals surface area contributed by atoms with Crippen LogP contribution in [0.15, 0.2) is 66.7 Å². The number of nitrogens with one attached hydrogen (secondary N) is 1. The van der Waals surface area contributed by atoms with Crippen molar-refractivity contribution in [3.8, 4) is 11.5 Å². The van der Waals surface area contributed by atoms with E-state index in [1.165, 1.54) is 11.1 Å². The van der Waals surface area contributed by atoms with Crippen molar-refractivity contribution in [2.75, 3.05) is 20.2 Å². The highest BCUT2D eigenvalue weighted by atomic mass is 16.5. The Morgan fingerprint density at radius 1 is 0.878 bits per heavy atom. The highest BCUT2D eigenvalue weighted by Gasteiger charge is 2.40. The molecule has 3 aliphatic heterocycles. The van der Waals surface area contributed by atoms with Crippen LogP contribution in [0.25, 0.3) is 0 Å². The first kappa shape index (κ1) is 27.0. The van der Waals surface area contributed by atoms with Crippen molar-refractivity contribution < 1.29 is 23.9 Å². The van der Waals surface area contributed by atoms with Crippen LogP contribution in [0.2, 0.25) is 0 Å². The Labute approximate surface area is 240 Å². The molecule has 0 aromatic heterocycles. The first-order valence-electron chi connectivity index (χ1n) is 14.3. The Morgan fingerprint density at radius 3 is 2.32 bits per heavy atom. The second-order valence-corrected chi connectivity index (χ2v) is 11.1. The lowest BCUT2D eigenvalue weighted by molar-refractivity contribution is -0.136. The van der Waals surface area contributed by atoms with Crippen LogP contribution in [0.3, 0.4) is 0 Å². The zero-order valence-electron chi connectivity index (χ0n) is 23.3. The van der Waals surface area contributed by atoms with Crippen LogP contribution < -0.4 is 14.8 Å². The molecule has 8 heteroatoms. The molecule has 8 nitrogen and oxygen atoms in total. The molecule has 0 spiro atoms. The molecule has 1 unspecified atom stereocenters. The monoisotopic (exact) mass is 553 g/mol. The van der Waals surface area contributed by atoms with Gasteiger partial charge in [0.15, 0.2) is 0 Å². The third-order valence-corrected chi connectivity index (χ3v) is 8.54. The Kier molecular flexibility index (Phi) is 7.74. The van der Waals surface area contributed by atoms with Crippen LogP contribution in [-0.2, 0) is 29.3 Å². The summed E-state index contributed by atoms with van der Waals surface area (Å²) in [6, 6.07) is 21.8. The van der Waals surface area contributed by atoms with E-state index in [4.69, 9.17) is 9.47 Å². The molecule has 3 aliphatic rings. The number of carbonyl (C=O) groups excluding carboxylic acids is 3. The molecule has 0 saturated carbocycles. The van der Waals surface area contributed by atoms with E-state index < -0.39 is 11.9 Å². The molecule has 3 heterocycles. The van der Waals surface area contributed by atoms with Crippen LogP contribution in [0.5, 0.6) is 11.5 Å². The van der Waals surface area contributed by atoms with Gasteiger partial charge in [0.25, 0.3) is 5.91 Å². The summed E-state index contributed by atoms with van der Waals surface area (Å²) in [6.45, 7) is 3.77. The van der Waals surface area contributed by atoms with Crippen molar-refractivity contribution in [2.45, 2.75) is 57.3 Å². The minimum absolute atomic E-state index is 0.197. The lowest BCUT2D eigenvalue weighted by atomic mass is 9.89. The highest BCUT2D eigenvalue weighted by Crippen LogP contribution is 2.34. The van der Waals surface area contributed by atoms with Crippen LogP contribution in [0.4, 0.5) is 0 Å². The van der Waals surface area contributed by atoms with Crippen molar-refractivity contribution in [3.63, 3.8) is 0 Å². The fourth-order valence-electron chi connectivity index (χ4n) is 6.15. The number of hydrogen-bond donors (Lipinski definition) is 1. The maximum Gasteiger partial charge on any atom is 0.255 e. The van der Waals surface area contributed by atoms with E-state index in [0.29, 0.717) is 36.8 Å². The second-order valence-electron chi connectivity index (χ2n) is 11.1. The van der Waals surface area contributed by atoms with E-state index in [0.717, 1.165) is 49.4 Å². The number of likely N-dealkylation sites (tertiary alicyclic amines) is 1. The Morgan fingerprint density at radius 2 is 1.61 bits per heavy atom. The van der Waals surface area contributed by atoms with Gasteiger partial charge in [-0.25, -0.2) is 0 Å². The first-order chi connectivity index (χ1) is 20.0. The molecule has 212 valence electrons. The van der Waals surface area contributed by atoms with Crippen molar-refractivity contribution in [1.82, 2.24) is 15.1 Å². The van der Waals surface area contributed by atoms with Crippen LogP contribution >= 0.6 is 0 Å². The molecule has 0 bridgehead atoms. The summed E-state index contributed by atoms with van der Waals surface area (Å²) in [6.07, 6.45) is 2.89. The predicted molar refractivity (Wildman–Crippen MR) is 154 cm³/mol. The van der Waals surface area contributed by atoms with Gasteiger partial charge in [-0.05, 0) is 79.2 Å². The molecule has 2 fully saturated rings. The van der Waals surface area contributed by atoms with E-state index in [1.54, 1.807) is 24.1 Å². The molecule has 3 amide bonds. The summed E-state index contributed by atoms with van der Waals surface area (Å²) >= 11 is 0. The standard InChI is InChI=1S/C33H35N3O5/c1-40-26-11-9-24(10-12-26)25-15-17-35(18-16-25)19-22-5-7-23(8-6-22)21-41-30-4-2-3-27-28(30)20-36(33(27)39)29-13-14-31(37)34-32(29)38/h2-12,25,29H,13-21H2,1H3,(H,34,37,38). The van der Waals surface area contributed by atoms with E-state index in [-0.39, 0.29) is 18.2 Å². The predicted octanol–water partition coefficient (Wildman–Crippen LogP) is 4.41. The number of hydrogen-bond acceptors (Lipinski definition) is 6. The molecule has 41 heavy (non-hydrogen) atoms. The SMILES string of the molecule is COc1ccc(C2CCN(Cc3ccc(COc4cccc5c4CN(C4CCC(=O)NC4=O)C5=O)cc3)CC2)cc1. The molecule has 3 aromatic carbocycles. The van der Waals surface area contributed by atoms with Gasteiger partial charge < -0.3 is 14.4 Å². The van der Waals surface area contributed by atoms with Gasteiger partial charge >= 0.3 is 0 Å². The summed E-state index contributed by atoms with van der Waals surface area (Å²) in [4.78, 5) is 41.0. The Balaban J connectivity index is 1.02. The lowest BCUT2D eigenvalue weighted by Gasteiger charge is -2.32. The van der Waals surface area contributed by atoms with E-state index >= 15 is 0 Å². The number of imide groups is 1. The molecule has 1 atom stereocenters. The van der Waals surface area contributed by atoms with E-state index in [9.17, 15) is 14.4 Å². The second kappa shape index (κ2) is 11.7. The quantitative estimate of drug-likeness (QED) is 0.416. The van der Waals surface area contributed by atoms with E-state index in [2.05, 4.69) is 46.6 Å². The van der Waals surface area contributed by atoms with Crippen LogP contribution in [0, 0.1) is 0 Å². The molecule has 0 aliphatic carbocycles. The van der Waals surface area contributed by atoms with Gasteiger partial charge in [0.1, 0.15) is 24.1 Å². The average Bonchev–Trinajstić information content (AvgIpc) is 3.34. The van der Waals surface area contributed by atoms with Crippen molar-refractivity contribution >= 4 is 17.7 Å². The maximum atomic E-state index is 13.1. The fraction of sp³-hybridized carbons (Fsp3) is 0.364. The summed E-state index contributed by atoms with van der Waals surface area (Å²) in [5.41, 5.74) is 5.07. The number of piperidine rings is 2. The summed E-state index contributed by atoms with van der Waals surface area (Å²) in [7, 11) is 1.70. The van der Waals surface area contributed by atoms with Gasteiger partial charge in [0.05, 0.1) is 13.7 Å². The zero-order chi connectivity index (χ0) is 28.3. The molecule has 0 radical (unpaired) electrons. The number of carbonyl (C=O) groups is 3. The number of amides is 3. The van der Waals surface area contributed by atoms with E-state index in [1.807, 2.05) is 18.2 Å². The molecule has 2 saturated heterocycles. The minimum Gasteiger partial charge on any atom is -0.497 e. The number of methoxy groups -OCH3 is 1. The number of nitrogens with zero attached hydrogens (tertiary/aromatic N) is 2. The van der Waals surface area contributed by atoms with Gasteiger partial charge in [-0.3, -0.25) is 24.6 Å². The lowest BCUT2D eigenvalue weighted by Crippen LogP contribution is -2.52. The van der Waals surface area contributed by atoms with Crippen LogP contribution in [0.1, 0.15) is 64.2 Å². The maximum absolute atomic E-state index is 13.1. The summed E-state index contributed by atoms with van der Waals surface area (Å²) in [5.74, 6) is 1.25. The number of rotatable bonds is 8. The normalized spacial score (nSPS) is 19.7. The largest absolute Gasteiger partial charge is 0.497 e. The number of ether oxygens (including phenoxy) is 2. The van der Waals surface area contributed by atoms with Gasteiger partial charge in [0, 0.05) is 24.1 Å². The van der Waals surface area contributed by atoms with Gasteiger partial charge in [-0.2, -0.15) is 0 Å². The van der Waals surface area contributed by atoms with Gasteiger partial charge in [0.2, 0.25) is 11.8 Å². The van der Waals surface area contributed by atoms with Gasteiger partial charge in [-0.15, -0.1) is 0 Å². The zero-order valence-corrected chi connectivity index (χ0v) is 23.3. The molecule has 3 aromatic rings. The summed E-state index contributed by atoms with van der Waals surface area (Å²) < 4.78 is 11.5. The Bertz CT molecular complexity index is 1430. The molecular weight excluding hydrogens is 518 g/mol. The molecular formula is C33H35N3O5. The third kappa shape index (κ3) is 5.84. The Hall–Kier alpha value is -4.17. The number of fused-ring (bicyclic) bond motifs is 1. The number of benzene rings is 3. The highest BCUT2D eigenvalue weighted by molar-refractivity contribution is 6.05. The van der Waals surface area contributed by atoms with Crippen molar-refractivity contribution in [2.24, 2.45) is 0 Å². The molecule has 6 rings (SSSR count). The van der Waals surface area contributed by atoms with Crippen molar-refractivity contribution in [1.29, 1.82) is 0 Å². The minimum atomic E-state index is -0.638. The van der Waals surface area contributed by atoms with Crippen molar-refractivity contribution in [3.05, 3.63) is 94.5 Å².